The van der Waals surface area contributed by atoms with E-state index in [2.05, 4.69) is 0 Å². The Morgan fingerprint density at radius 1 is 1.46 bits per heavy atom. The lowest BCUT2D eigenvalue weighted by Crippen LogP contribution is -2.38. The van der Waals surface area contributed by atoms with Crippen LogP contribution in [0.5, 0.6) is 0 Å². The van der Waals surface area contributed by atoms with Crippen molar-refractivity contribution in [2.45, 2.75) is 38.5 Å². The van der Waals surface area contributed by atoms with Crippen molar-refractivity contribution in [3.8, 4) is 6.07 Å². The molecule has 2 N–H and O–H groups in total. The predicted octanol–water partition coefficient (Wildman–Crippen LogP) is 1.54. The smallest absolute Gasteiger partial charge is 0.223 e. The zero-order chi connectivity index (χ0) is 9.73. The summed E-state index contributed by atoms with van der Waals surface area (Å²) in [4.78, 5) is 11.3. The molecule has 71 valence electrons. The molecule has 3 nitrogen and oxygen atoms in total. The van der Waals surface area contributed by atoms with E-state index in [4.69, 9.17) is 11.0 Å². The van der Waals surface area contributed by atoms with Crippen LogP contribution in [0, 0.1) is 23.2 Å². The first kappa shape index (κ1) is 10.0. The minimum absolute atomic E-state index is 0.237. The predicted molar refractivity (Wildman–Crippen MR) is 49.2 cm³/mol. The number of carbonyl (C=O) groups is 1. The zero-order valence-corrected chi connectivity index (χ0v) is 7.75. The molecule has 1 aliphatic rings. The minimum Gasteiger partial charge on any atom is -0.369 e. The second-order valence-corrected chi connectivity index (χ2v) is 3.74. The molecule has 0 aromatic carbocycles. The van der Waals surface area contributed by atoms with Crippen LogP contribution in [0.4, 0.5) is 0 Å². The molecule has 0 aromatic rings. The van der Waals surface area contributed by atoms with Crippen molar-refractivity contribution < 1.29 is 4.79 Å². The van der Waals surface area contributed by atoms with Gasteiger partial charge in [-0.3, -0.25) is 4.79 Å². The van der Waals surface area contributed by atoms with Crippen molar-refractivity contribution in [3.63, 3.8) is 0 Å². The van der Waals surface area contributed by atoms with Crippen molar-refractivity contribution in [2.24, 2.45) is 11.1 Å². The Balaban J connectivity index is 2.62. The van der Waals surface area contributed by atoms with Crippen LogP contribution in [0.1, 0.15) is 38.5 Å². The number of primary amides is 1. The monoisotopic (exact) mass is 179 g/mol. The Morgan fingerprint density at radius 2 is 2.08 bits per heavy atom. The molecule has 0 atom stereocenters. The number of amides is 1. The topological polar surface area (TPSA) is 66.9 Å². The first-order chi connectivity index (χ1) is 6.21. The average molecular weight is 179 g/mol. The lowest BCUT2D eigenvalue weighted by Gasteiger charge is -2.33. The number of hydrogen-bond acceptors (Lipinski definition) is 2. The van der Waals surface area contributed by atoms with Gasteiger partial charge in [0, 0.05) is 0 Å². The Bertz CT molecular complexity index is 224. The minimum atomic E-state index is -0.409. The molecular formula is C10H15N2O. The summed E-state index contributed by atoms with van der Waals surface area (Å²) in [5, 5.41) is 8.44. The quantitative estimate of drug-likeness (QED) is 0.714. The maximum Gasteiger partial charge on any atom is 0.223 e. The van der Waals surface area contributed by atoms with Crippen LogP contribution in [0.25, 0.3) is 0 Å². The highest BCUT2D eigenvalue weighted by atomic mass is 16.1. The molecule has 0 aromatic heterocycles. The van der Waals surface area contributed by atoms with Gasteiger partial charge in [-0.25, -0.2) is 0 Å². The number of nitriles is 1. The van der Waals surface area contributed by atoms with E-state index in [1.54, 1.807) is 0 Å². The fourth-order valence-corrected chi connectivity index (χ4v) is 2.02. The van der Waals surface area contributed by atoms with Gasteiger partial charge < -0.3 is 5.73 Å². The summed E-state index contributed by atoms with van der Waals surface area (Å²) < 4.78 is 0. The van der Waals surface area contributed by atoms with Crippen LogP contribution < -0.4 is 5.73 Å². The number of hydrogen-bond donors (Lipinski definition) is 1. The fourth-order valence-electron chi connectivity index (χ4n) is 2.02. The van der Waals surface area contributed by atoms with E-state index in [0.717, 1.165) is 25.7 Å². The van der Waals surface area contributed by atoms with Gasteiger partial charge in [0.1, 0.15) is 0 Å². The third kappa shape index (κ3) is 2.21. The molecule has 1 saturated carbocycles. The maximum atomic E-state index is 11.3. The van der Waals surface area contributed by atoms with Crippen LogP contribution >= 0.6 is 0 Å². The lowest BCUT2D eigenvalue weighted by molar-refractivity contribution is -0.129. The van der Waals surface area contributed by atoms with E-state index in [-0.39, 0.29) is 5.91 Å². The van der Waals surface area contributed by atoms with Gasteiger partial charge in [-0.1, -0.05) is 19.3 Å². The second-order valence-electron chi connectivity index (χ2n) is 3.74. The molecule has 1 radical (unpaired) electrons. The first-order valence-corrected chi connectivity index (χ1v) is 4.72. The molecule has 0 bridgehead atoms. The van der Waals surface area contributed by atoms with Crippen LogP contribution in [0.3, 0.4) is 0 Å². The van der Waals surface area contributed by atoms with Crippen LogP contribution in [0.2, 0.25) is 0 Å². The Hall–Kier alpha value is -1.04. The third-order valence-electron chi connectivity index (χ3n) is 2.92. The molecule has 1 fully saturated rings. The van der Waals surface area contributed by atoms with Crippen LogP contribution in [-0.4, -0.2) is 5.91 Å². The standard InChI is InChI=1S/C10H15N2O/c11-8-4-7-10(9(12)13)5-2-1-3-6-10/h4H,1-3,5-7H2,(H2,12,13). The molecule has 1 aliphatic carbocycles. The number of nitrogens with zero attached hydrogens (tertiary/aromatic N) is 1. The Morgan fingerprint density at radius 3 is 2.54 bits per heavy atom. The first-order valence-electron chi connectivity index (χ1n) is 4.72. The number of nitrogens with two attached hydrogens (primary N) is 1. The molecule has 1 rings (SSSR count). The van der Waals surface area contributed by atoms with E-state index in [1.165, 1.54) is 12.8 Å². The molecular weight excluding hydrogens is 164 g/mol. The molecule has 0 aliphatic heterocycles. The van der Waals surface area contributed by atoms with Crippen molar-refractivity contribution in [1.82, 2.24) is 0 Å². The third-order valence-corrected chi connectivity index (χ3v) is 2.92. The van der Waals surface area contributed by atoms with E-state index >= 15 is 0 Å². The van der Waals surface area contributed by atoms with Gasteiger partial charge in [-0.15, -0.1) is 0 Å². The van der Waals surface area contributed by atoms with Gasteiger partial charge in [-0.2, -0.15) is 5.26 Å². The molecule has 0 spiro atoms. The largest absolute Gasteiger partial charge is 0.369 e. The summed E-state index contributed by atoms with van der Waals surface area (Å²) in [6, 6.07) is 1.96. The molecule has 3 heteroatoms. The van der Waals surface area contributed by atoms with E-state index in [0.29, 0.717) is 6.42 Å². The van der Waals surface area contributed by atoms with Gasteiger partial charge in [0.2, 0.25) is 5.91 Å². The fraction of sp³-hybridized carbons (Fsp3) is 0.700. The van der Waals surface area contributed by atoms with E-state index in [9.17, 15) is 4.79 Å². The van der Waals surface area contributed by atoms with Gasteiger partial charge in [0.15, 0.2) is 0 Å². The van der Waals surface area contributed by atoms with Crippen molar-refractivity contribution >= 4 is 5.91 Å². The molecule has 1 amide bonds. The summed E-state index contributed by atoms with van der Waals surface area (Å²) in [5.41, 5.74) is 4.97. The molecule has 13 heavy (non-hydrogen) atoms. The lowest BCUT2D eigenvalue weighted by atomic mass is 9.71. The Labute approximate surface area is 78.9 Å². The Kier molecular flexibility index (Phi) is 3.30. The van der Waals surface area contributed by atoms with E-state index in [1.807, 2.05) is 6.07 Å². The van der Waals surface area contributed by atoms with Crippen molar-refractivity contribution in [2.75, 3.05) is 0 Å². The highest BCUT2D eigenvalue weighted by Gasteiger charge is 2.37. The molecule has 0 saturated heterocycles. The summed E-state index contributed by atoms with van der Waals surface area (Å²) >= 11 is 0. The summed E-state index contributed by atoms with van der Waals surface area (Å²) in [5.74, 6) is -0.237. The highest BCUT2D eigenvalue weighted by Crippen LogP contribution is 2.39. The van der Waals surface area contributed by atoms with Crippen LogP contribution in [0.15, 0.2) is 0 Å². The highest BCUT2D eigenvalue weighted by molar-refractivity contribution is 5.81. The summed E-state index contributed by atoms with van der Waals surface area (Å²) in [6.07, 6.45) is 7.02. The summed E-state index contributed by atoms with van der Waals surface area (Å²) in [6.45, 7) is 0. The maximum absolute atomic E-state index is 11.3. The van der Waals surface area contributed by atoms with Gasteiger partial charge in [0.05, 0.1) is 17.9 Å². The normalized spacial score (nSPS) is 20.5. The van der Waals surface area contributed by atoms with Crippen molar-refractivity contribution in [1.29, 1.82) is 5.26 Å². The van der Waals surface area contributed by atoms with Gasteiger partial charge in [0.25, 0.3) is 0 Å². The van der Waals surface area contributed by atoms with Gasteiger partial charge >= 0.3 is 0 Å². The van der Waals surface area contributed by atoms with Crippen molar-refractivity contribution in [3.05, 3.63) is 6.42 Å². The average Bonchev–Trinajstić information content (AvgIpc) is 2.16. The van der Waals surface area contributed by atoms with Gasteiger partial charge in [-0.05, 0) is 19.3 Å². The molecule has 0 unspecified atom stereocenters. The molecule has 0 heterocycles. The summed E-state index contributed by atoms with van der Waals surface area (Å²) in [7, 11) is 0. The zero-order valence-electron chi connectivity index (χ0n) is 7.75. The number of carbonyl (C=O) groups excluding carboxylic acids is 1. The SMILES string of the molecule is N#C[CH]CC1(C(N)=O)CCCCC1. The van der Waals surface area contributed by atoms with Crippen LogP contribution in [-0.2, 0) is 4.79 Å². The second kappa shape index (κ2) is 4.27. The number of rotatable bonds is 3. The van der Waals surface area contributed by atoms with E-state index < -0.39 is 5.41 Å².